The molecule has 0 atom stereocenters. The van der Waals surface area contributed by atoms with Gasteiger partial charge in [-0.15, -0.1) is 0 Å². The molecule has 1 aromatic carbocycles. The lowest BCUT2D eigenvalue weighted by atomic mass is 10.3. The van der Waals surface area contributed by atoms with Crippen molar-refractivity contribution in [2.75, 3.05) is 19.5 Å². The molecular weight excluding hydrogens is 210 g/mol. The molecule has 0 saturated heterocycles. The van der Waals surface area contributed by atoms with Gasteiger partial charge in [0, 0.05) is 24.5 Å². The summed E-state index contributed by atoms with van der Waals surface area (Å²) >= 11 is 1.21. The van der Waals surface area contributed by atoms with Crippen molar-refractivity contribution < 1.29 is 17.7 Å². The largest absolute Gasteiger partial charge is 0.491 e. The molecule has 0 radical (unpaired) electrons. The summed E-state index contributed by atoms with van der Waals surface area (Å²) in [6, 6.07) is 3.05. The van der Waals surface area contributed by atoms with E-state index in [4.69, 9.17) is 8.92 Å². The Morgan fingerprint density at radius 1 is 1.14 bits per heavy atom. The molecule has 0 N–H and O–H groups in total. The third-order valence-electron chi connectivity index (χ3n) is 1.39. The van der Waals surface area contributed by atoms with Crippen LogP contribution < -0.4 is 4.74 Å². The molecule has 1 rings (SSSR count). The first kappa shape index (κ1) is 11.3. The van der Waals surface area contributed by atoms with Crippen molar-refractivity contribution in [1.29, 1.82) is 0 Å². The van der Waals surface area contributed by atoms with E-state index >= 15 is 0 Å². The zero-order valence-corrected chi connectivity index (χ0v) is 8.44. The first-order chi connectivity index (χ1) is 6.72. The number of hydrogen-bond acceptors (Lipinski definition) is 3. The maximum atomic E-state index is 12.6. The summed E-state index contributed by atoms with van der Waals surface area (Å²) in [4.78, 5) is 0. The van der Waals surface area contributed by atoms with Crippen LogP contribution >= 0.6 is 12.0 Å². The van der Waals surface area contributed by atoms with Crippen LogP contribution in [0.1, 0.15) is 0 Å². The fourth-order valence-corrected chi connectivity index (χ4v) is 1.12. The van der Waals surface area contributed by atoms with Crippen molar-refractivity contribution >= 4 is 12.0 Å². The zero-order chi connectivity index (χ0) is 10.4. The van der Waals surface area contributed by atoms with E-state index in [0.29, 0.717) is 6.61 Å². The van der Waals surface area contributed by atoms with Crippen molar-refractivity contribution in [2.24, 2.45) is 0 Å². The monoisotopic (exact) mass is 220 g/mol. The highest BCUT2D eigenvalue weighted by atomic mass is 32.2. The van der Waals surface area contributed by atoms with E-state index < -0.39 is 11.6 Å². The smallest absolute Gasteiger partial charge is 0.129 e. The van der Waals surface area contributed by atoms with Gasteiger partial charge in [-0.25, -0.2) is 8.78 Å². The molecule has 0 spiro atoms. The standard InChI is InChI=1S/C9H10F2O2S/c1-14-13-3-2-12-9-5-7(10)4-8(11)6-9/h4-6H,2-3H2,1H3. The second-order valence-electron chi connectivity index (χ2n) is 2.44. The molecule has 0 heterocycles. The summed E-state index contributed by atoms with van der Waals surface area (Å²) in [7, 11) is 0. The van der Waals surface area contributed by atoms with E-state index in [1.54, 1.807) is 6.26 Å². The molecule has 0 fully saturated rings. The van der Waals surface area contributed by atoms with E-state index in [2.05, 4.69) is 0 Å². The van der Waals surface area contributed by atoms with Gasteiger partial charge in [0.25, 0.3) is 0 Å². The number of halogens is 2. The van der Waals surface area contributed by atoms with Crippen molar-refractivity contribution in [3.05, 3.63) is 29.8 Å². The molecule has 1 aromatic rings. The summed E-state index contributed by atoms with van der Waals surface area (Å²) in [6.07, 6.45) is 1.78. The Morgan fingerprint density at radius 2 is 1.79 bits per heavy atom. The molecule has 0 aliphatic carbocycles. The fraction of sp³-hybridized carbons (Fsp3) is 0.333. The van der Waals surface area contributed by atoms with Crippen molar-refractivity contribution in [2.45, 2.75) is 0 Å². The fourth-order valence-electron chi connectivity index (χ4n) is 0.889. The molecule has 0 aliphatic heterocycles. The minimum atomic E-state index is -0.647. The van der Waals surface area contributed by atoms with Gasteiger partial charge >= 0.3 is 0 Å². The Labute approximate surface area is 85.4 Å². The van der Waals surface area contributed by atoms with Gasteiger partial charge in [-0.3, -0.25) is 0 Å². The molecule has 2 nitrogen and oxygen atoms in total. The summed E-state index contributed by atoms with van der Waals surface area (Å²) < 4.78 is 35.3. The highest BCUT2D eigenvalue weighted by Gasteiger charge is 2.00. The summed E-state index contributed by atoms with van der Waals surface area (Å²) in [5.74, 6) is -1.12. The highest BCUT2D eigenvalue weighted by Crippen LogP contribution is 2.15. The predicted molar refractivity (Wildman–Crippen MR) is 51.3 cm³/mol. The lowest BCUT2D eigenvalue weighted by Gasteiger charge is -2.05. The van der Waals surface area contributed by atoms with Gasteiger partial charge in [-0.2, -0.15) is 0 Å². The minimum Gasteiger partial charge on any atom is -0.491 e. The third-order valence-corrected chi connectivity index (χ3v) is 1.79. The predicted octanol–water partition coefficient (Wildman–Crippen LogP) is 2.64. The molecule has 78 valence electrons. The molecule has 0 bridgehead atoms. The number of ether oxygens (including phenoxy) is 1. The van der Waals surface area contributed by atoms with Crippen LogP contribution in [-0.4, -0.2) is 19.5 Å². The first-order valence-corrected chi connectivity index (χ1v) is 5.12. The number of rotatable bonds is 5. The van der Waals surface area contributed by atoms with Crippen LogP contribution in [-0.2, 0) is 4.18 Å². The maximum Gasteiger partial charge on any atom is 0.129 e. The lowest BCUT2D eigenvalue weighted by molar-refractivity contribution is 0.238. The highest BCUT2D eigenvalue weighted by molar-refractivity contribution is 7.93. The van der Waals surface area contributed by atoms with E-state index in [-0.39, 0.29) is 12.4 Å². The van der Waals surface area contributed by atoms with Gasteiger partial charge in [0.1, 0.15) is 24.0 Å². The Morgan fingerprint density at radius 3 is 2.36 bits per heavy atom. The Bertz CT molecular complexity index is 274. The molecule has 0 aromatic heterocycles. The summed E-state index contributed by atoms with van der Waals surface area (Å²) in [5.41, 5.74) is 0. The minimum absolute atomic E-state index is 0.173. The normalized spacial score (nSPS) is 10.2. The summed E-state index contributed by atoms with van der Waals surface area (Å²) in [5, 5.41) is 0. The van der Waals surface area contributed by atoms with Gasteiger partial charge < -0.3 is 8.92 Å². The van der Waals surface area contributed by atoms with Crippen LogP contribution in [0.5, 0.6) is 5.75 Å². The molecule has 0 aliphatic rings. The van der Waals surface area contributed by atoms with Gasteiger partial charge in [-0.1, -0.05) is 0 Å². The molecule has 0 unspecified atom stereocenters. The van der Waals surface area contributed by atoms with Crippen molar-refractivity contribution in [3.63, 3.8) is 0 Å². The molecule has 0 amide bonds. The van der Waals surface area contributed by atoms with Gasteiger partial charge in [0.05, 0.1) is 6.61 Å². The van der Waals surface area contributed by atoms with Crippen molar-refractivity contribution in [1.82, 2.24) is 0 Å². The number of benzene rings is 1. The summed E-state index contributed by atoms with van der Waals surface area (Å²) in [6.45, 7) is 0.642. The molecular formula is C9H10F2O2S. The second kappa shape index (κ2) is 5.82. The van der Waals surface area contributed by atoms with E-state index in [1.165, 1.54) is 12.0 Å². The topological polar surface area (TPSA) is 18.5 Å². The second-order valence-corrected chi connectivity index (χ2v) is 3.01. The van der Waals surface area contributed by atoms with Gasteiger partial charge in [0.15, 0.2) is 0 Å². The van der Waals surface area contributed by atoms with Crippen LogP contribution in [0.15, 0.2) is 18.2 Å². The van der Waals surface area contributed by atoms with E-state index in [9.17, 15) is 8.78 Å². The molecule has 0 saturated carbocycles. The number of hydrogen-bond donors (Lipinski definition) is 0. The molecule has 5 heteroatoms. The van der Waals surface area contributed by atoms with E-state index in [1.807, 2.05) is 0 Å². The van der Waals surface area contributed by atoms with Crippen molar-refractivity contribution in [3.8, 4) is 5.75 Å². The van der Waals surface area contributed by atoms with E-state index in [0.717, 1.165) is 18.2 Å². The Hall–Kier alpha value is -0.810. The lowest BCUT2D eigenvalue weighted by Crippen LogP contribution is -2.03. The first-order valence-electron chi connectivity index (χ1n) is 3.97. The van der Waals surface area contributed by atoms with Gasteiger partial charge in [0.2, 0.25) is 0 Å². The average Bonchev–Trinajstić information content (AvgIpc) is 2.11. The van der Waals surface area contributed by atoms with Crippen LogP contribution in [0, 0.1) is 11.6 Å². The third kappa shape index (κ3) is 3.93. The van der Waals surface area contributed by atoms with Crippen LogP contribution in [0.25, 0.3) is 0 Å². The Kier molecular flexibility index (Phi) is 4.69. The average molecular weight is 220 g/mol. The van der Waals surface area contributed by atoms with Crippen LogP contribution in [0.3, 0.4) is 0 Å². The van der Waals surface area contributed by atoms with Crippen LogP contribution in [0.4, 0.5) is 8.78 Å². The zero-order valence-electron chi connectivity index (χ0n) is 7.63. The maximum absolute atomic E-state index is 12.6. The quantitative estimate of drug-likeness (QED) is 0.561. The Balaban J connectivity index is 2.42. The SMILES string of the molecule is CSOCCOc1cc(F)cc(F)c1. The molecule has 14 heavy (non-hydrogen) atoms. The van der Waals surface area contributed by atoms with Gasteiger partial charge in [-0.05, 0) is 12.0 Å². The van der Waals surface area contributed by atoms with Crippen LogP contribution in [0.2, 0.25) is 0 Å².